The van der Waals surface area contributed by atoms with E-state index in [0.717, 1.165) is 12.0 Å². The maximum Gasteiger partial charge on any atom is 0.426 e. The number of rotatable bonds is 2. The van der Waals surface area contributed by atoms with Crippen LogP contribution in [0.25, 0.3) is 0 Å². The van der Waals surface area contributed by atoms with Crippen molar-refractivity contribution in [3.63, 3.8) is 0 Å². The van der Waals surface area contributed by atoms with Gasteiger partial charge in [0.2, 0.25) is 0 Å². The molecule has 0 fully saturated rings. The highest BCUT2D eigenvalue weighted by molar-refractivity contribution is 6.35. The zero-order valence-electron chi connectivity index (χ0n) is 7.20. The molecule has 1 aromatic rings. The van der Waals surface area contributed by atoms with Crippen molar-refractivity contribution in [1.29, 1.82) is 0 Å². The van der Waals surface area contributed by atoms with Crippen molar-refractivity contribution in [3.8, 4) is 0 Å². The summed E-state index contributed by atoms with van der Waals surface area (Å²) < 4.78 is 0.707. The lowest BCUT2D eigenvalue weighted by Gasteiger charge is -2.13. The first-order chi connectivity index (χ1) is 6.16. The predicted octanol–water partition coefficient (Wildman–Crippen LogP) is 2.89. The second-order valence-corrected chi connectivity index (χ2v) is 2.88. The van der Waals surface area contributed by atoms with E-state index in [1.165, 1.54) is 0 Å². The van der Waals surface area contributed by atoms with E-state index in [2.05, 4.69) is 0 Å². The zero-order valence-corrected chi connectivity index (χ0v) is 7.95. The largest absolute Gasteiger partial charge is 0.464 e. The molecule has 4 heteroatoms. The van der Waals surface area contributed by atoms with Gasteiger partial charge in [-0.3, -0.25) is 0 Å². The highest BCUT2D eigenvalue weighted by Crippen LogP contribution is 2.22. The molecular weight excluding hydrogens is 190 g/mol. The summed E-state index contributed by atoms with van der Waals surface area (Å²) in [7, 11) is 0. The molecule has 1 rings (SSSR count). The summed E-state index contributed by atoms with van der Waals surface area (Å²) in [6, 6.07) is 7.15. The molecule has 1 aromatic carbocycles. The van der Waals surface area contributed by atoms with Crippen LogP contribution in [0.2, 0.25) is 0 Å². The van der Waals surface area contributed by atoms with Gasteiger partial charge in [0.05, 0.1) is 5.69 Å². The minimum Gasteiger partial charge on any atom is -0.464 e. The van der Waals surface area contributed by atoms with Crippen molar-refractivity contribution in [1.82, 2.24) is 0 Å². The first-order valence-corrected chi connectivity index (χ1v) is 4.27. The van der Waals surface area contributed by atoms with Gasteiger partial charge in [-0.15, -0.1) is 0 Å². The van der Waals surface area contributed by atoms with E-state index in [0.29, 0.717) is 10.1 Å². The lowest BCUT2D eigenvalue weighted by molar-refractivity contribution is 0.206. The molecule has 0 aliphatic carbocycles. The number of anilines is 1. The SMILES string of the molecule is CCc1ccccc1N(Cl)C(=O)O. The topological polar surface area (TPSA) is 40.5 Å². The van der Waals surface area contributed by atoms with Gasteiger partial charge in [0.1, 0.15) is 0 Å². The van der Waals surface area contributed by atoms with E-state index in [4.69, 9.17) is 16.9 Å². The van der Waals surface area contributed by atoms with Gasteiger partial charge in [-0.1, -0.05) is 25.1 Å². The molecule has 1 amide bonds. The average Bonchev–Trinajstić information content (AvgIpc) is 2.16. The molecule has 70 valence electrons. The summed E-state index contributed by atoms with van der Waals surface area (Å²) in [5, 5.41) is 8.65. The quantitative estimate of drug-likeness (QED) is 0.744. The first kappa shape index (κ1) is 9.86. The standard InChI is InChI=1S/C9H10ClNO2/c1-2-7-5-3-4-6-8(7)11(10)9(12)13/h3-6H,2H2,1H3,(H,12,13). The lowest BCUT2D eigenvalue weighted by Crippen LogP contribution is -2.18. The third-order valence-corrected chi connectivity index (χ3v) is 2.08. The van der Waals surface area contributed by atoms with Crippen LogP contribution < -0.4 is 4.42 Å². The molecule has 1 N–H and O–H groups in total. The van der Waals surface area contributed by atoms with Gasteiger partial charge in [-0.05, 0) is 18.1 Å². The molecule has 0 heterocycles. The van der Waals surface area contributed by atoms with E-state index >= 15 is 0 Å². The number of hydrogen-bond acceptors (Lipinski definition) is 1. The number of halogens is 1. The Labute approximate surface area is 81.7 Å². The van der Waals surface area contributed by atoms with Crippen LogP contribution >= 0.6 is 11.8 Å². The molecule has 0 spiro atoms. The first-order valence-electron chi connectivity index (χ1n) is 3.93. The summed E-state index contributed by atoms with van der Waals surface area (Å²) in [4.78, 5) is 10.6. The van der Waals surface area contributed by atoms with E-state index < -0.39 is 6.09 Å². The van der Waals surface area contributed by atoms with Crippen molar-refractivity contribution in [2.24, 2.45) is 0 Å². The van der Waals surface area contributed by atoms with Gasteiger partial charge in [0, 0.05) is 11.8 Å². The molecule has 0 saturated heterocycles. The molecule has 0 aromatic heterocycles. The number of para-hydroxylation sites is 1. The van der Waals surface area contributed by atoms with Crippen molar-refractivity contribution >= 4 is 23.6 Å². The van der Waals surface area contributed by atoms with Crippen molar-refractivity contribution in [3.05, 3.63) is 29.8 Å². The number of carbonyl (C=O) groups is 1. The molecule has 0 aliphatic heterocycles. The smallest absolute Gasteiger partial charge is 0.426 e. The number of benzene rings is 1. The highest BCUT2D eigenvalue weighted by atomic mass is 35.5. The fourth-order valence-corrected chi connectivity index (χ4v) is 1.27. The van der Waals surface area contributed by atoms with Crippen molar-refractivity contribution < 1.29 is 9.90 Å². The Morgan fingerprint density at radius 2 is 2.15 bits per heavy atom. The predicted molar refractivity (Wildman–Crippen MR) is 52.2 cm³/mol. The molecule has 0 bridgehead atoms. The number of aryl methyl sites for hydroxylation is 1. The van der Waals surface area contributed by atoms with Crippen LogP contribution in [-0.4, -0.2) is 11.2 Å². The minimum atomic E-state index is -1.16. The Morgan fingerprint density at radius 3 is 2.69 bits per heavy atom. The van der Waals surface area contributed by atoms with Crippen LogP contribution in [0.1, 0.15) is 12.5 Å². The fourth-order valence-electron chi connectivity index (χ4n) is 1.10. The number of hydrogen-bond donors (Lipinski definition) is 1. The maximum atomic E-state index is 10.6. The zero-order chi connectivity index (χ0) is 9.84. The second kappa shape index (κ2) is 4.14. The molecule has 0 atom stereocenters. The Hall–Kier alpha value is -1.22. The molecule has 3 nitrogen and oxygen atoms in total. The fraction of sp³-hybridized carbons (Fsp3) is 0.222. The van der Waals surface area contributed by atoms with Gasteiger partial charge in [-0.2, -0.15) is 4.42 Å². The Bertz CT molecular complexity index is 314. The Balaban J connectivity index is 3.05. The molecule has 0 aliphatic rings. The van der Waals surface area contributed by atoms with Gasteiger partial charge in [-0.25, -0.2) is 4.79 Å². The van der Waals surface area contributed by atoms with E-state index in [-0.39, 0.29) is 0 Å². The van der Waals surface area contributed by atoms with E-state index in [1.54, 1.807) is 12.1 Å². The molecular formula is C9H10ClNO2. The second-order valence-electron chi connectivity index (χ2n) is 2.55. The normalized spacial score (nSPS) is 9.69. The molecule has 0 unspecified atom stereocenters. The third-order valence-electron chi connectivity index (χ3n) is 1.75. The van der Waals surface area contributed by atoms with Gasteiger partial charge >= 0.3 is 6.09 Å². The summed E-state index contributed by atoms with van der Waals surface area (Å²) in [5.41, 5.74) is 1.44. The summed E-state index contributed by atoms with van der Waals surface area (Å²) >= 11 is 5.56. The monoisotopic (exact) mass is 199 g/mol. The summed E-state index contributed by atoms with van der Waals surface area (Å²) in [6.07, 6.45) is -0.408. The van der Waals surface area contributed by atoms with Crippen LogP contribution in [0.4, 0.5) is 10.5 Å². The minimum absolute atomic E-state index is 0.527. The third kappa shape index (κ3) is 2.12. The van der Waals surface area contributed by atoms with Gasteiger partial charge < -0.3 is 5.11 Å². The summed E-state index contributed by atoms with van der Waals surface area (Å²) in [5.74, 6) is 0. The lowest BCUT2D eigenvalue weighted by atomic mass is 10.1. The van der Waals surface area contributed by atoms with E-state index in [1.807, 2.05) is 19.1 Å². The molecule has 0 radical (unpaired) electrons. The summed E-state index contributed by atoms with van der Waals surface area (Å²) in [6.45, 7) is 1.95. The van der Waals surface area contributed by atoms with Crippen LogP contribution in [0, 0.1) is 0 Å². The van der Waals surface area contributed by atoms with Crippen molar-refractivity contribution in [2.45, 2.75) is 13.3 Å². The van der Waals surface area contributed by atoms with E-state index in [9.17, 15) is 4.79 Å². The molecule has 0 saturated carbocycles. The average molecular weight is 200 g/mol. The number of amides is 1. The number of carboxylic acid groups (broad SMARTS) is 1. The highest BCUT2D eigenvalue weighted by Gasteiger charge is 2.13. The van der Waals surface area contributed by atoms with Crippen LogP contribution in [-0.2, 0) is 6.42 Å². The Kier molecular flexibility index (Phi) is 3.14. The van der Waals surface area contributed by atoms with Crippen LogP contribution in [0.15, 0.2) is 24.3 Å². The molecule has 13 heavy (non-hydrogen) atoms. The van der Waals surface area contributed by atoms with Crippen LogP contribution in [0.5, 0.6) is 0 Å². The van der Waals surface area contributed by atoms with Gasteiger partial charge in [0.25, 0.3) is 0 Å². The van der Waals surface area contributed by atoms with Crippen LogP contribution in [0.3, 0.4) is 0 Å². The number of nitrogens with zero attached hydrogens (tertiary/aromatic N) is 1. The Morgan fingerprint density at radius 1 is 1.54 bits per heavy atom. The van der Waals surface area contributed by atoms with Gasteiger partial charge in [0.15, 0.2) is 0 Å². The maximum absolute atomic E-state index is 10.6. The van der Waals surface area contributed by atoms with Crippen molar-refractivity contribution in [2.75, 3.05) is 4.42 Å².